The molecule has 0 unspecified atom stereocenters. The van der Waals surface area contributed by atoms with Crippen molar-refractivity contribution in [3.63, 3.8) is 0 Å². The molecule has 0 aliphatic heterocycles. The highest BCUT2D eigenvalue weighted by Gasteiger charge is 2.11. The molecule has 1 heterocycles. The van der Waals surface area contributed by atoms with Crippen LogP contribution in [0.3, 0.4) is 0 Å². The Balaban J connectivity index is 2.39. The maximum absolute atomic E-state index is 11.7. The zero-order valence-corrected chi connectivity index (χ0v) is 11.1. The number of nitrogens with zero attached hydrogens (tertiary/aromatic N) is 2. The van der Waals surface area contributed by atoms with E-state index in [1.54, 1.807) is 30.2 Å². The Morgan fingerprint density at radius 1 is 1.53 bits per heavy atom. The van der Waals surface area contributed by atoms with Crippen molar-refractivity contribution in [3.05, 3.63) is 16.1 Å². The van der Waals surface area contributed by atoms with Gasteiger partial charge in [0.25, 0.3) is 0 Å². The van der Waals surface area contributed by atoms with Gasteiger partial charge in [0, 0.05) is 18.8 Å². The first kappa shape index (κ1) is 13.6. The van der Waals surface area contributed by atoms with Crippen LogP contribution in [0.1, 0.15) is 24.0 Å². The number of amides is 2. The number of carbonyl (C=O) groups excluding carboxylic acids is 2. The first-order valence-corrected chi connectivity index (χ1v) is 6.32. The number of hydrogen-bond acceptors (Lipinski definition) is 4. The number of nitrogens with one attached hydrogen (secondary N) is 1. The molecule has 0 radical (unpaired) electrons. The SMILES string of the molecule is CCC(=O)NCC(=O)N(C)Cc1csc(C)n1. The Morgan fingerprint density at radius 3 is 2.76 bits per heavy atom. The highest BCUT2D eigenvalue weighted by Crippen LogP contribution is 2.09. The molecule has 1 rings (SSSR count). The van der Waals surface area contributed by atoms with Crippen LogP contribution in [0.2, 0.25) is 0 Å². The topological polar surface area (TPSA) is 62.3 Å². The predicted octanol–water partition coefficient (Wildman–Crippen LogP) is 0.936. The monoisotopic (exact) mass is 255 g/mol. The Bertz CT molecular complexity index is 403. The Hall–Kier alpha value is -1.43. The lowest BCUT2D eigenvalue weighted by atomic mass is 10.4. The summed E-state index contributed by atoms with van der Waals surface area (Å²) in [5.74, 6) is -0.228. The van der Waals surface area contributed by atoms with Gasteiger partial charge in [-0.25, -0.2) is 4.98 Å². The van der Waals surface area contributed by atoms with Crippen LogP contribution < -0.4 is 5.32 Å². The summed E-state index contributed by atoms with van der Waals surface area (Å²) in [5.41, 5.74) is 0.880. The summed E-state index contributed by atoms with van der Waals surface area (Å²) in [4.78, 5) is 28.5. The van der Waals surface area contributed by atoms with Gasteiger partial charge in [-0.1, -0.05) is 6.92 Å². The second kappa shape index (κ2) is 6.34. The van der Waals surface area contributed by atoms with E-state index in [2.05, 4.69) is 10.3 Å². The Morgan fingerprint density at radius 2 is 2.24 bits per heavy atom. The number of aromatic nitrogens is 1. The molecule has 94 valence electrons. The molecule has 1 aromatic rings. The lowest BCUT2D eigenvalue weighted by Crippen LogP contribution is -2.37. The van der Waals surface area contributed by atoms with Crippen LogP contribution in [0.25, 0.3) is 0 Å². The summed E-state index contributed by atoms with van der Waals surface area (Å²) in [6.07, 6.45) is 0.391. The minimum atomic E-state index is -0.115. The van der Waals surface area contributed by atoms with Crippen molar-refractivity contribution in [2.45, 2.75) is 26.8 Å². The zero-order chi connectivity index (χ0) is 12.8. The van der Waals surface area contributed by atoms with E-state index < -0.39 is 0 Å². The quantitative estimate of drug-likeness (QED) is 0.851. The van der Waals surface area contributed by atoms with E-state index in [-0.39, 0.29) is 18.4 Å². The summed E-state index contributed by atoms with van der Waals surface area (Å²) in [6.45, 7) is 4.20. The van der Waals surface area contributed by atoms with Crippen molar-refractivity contribution < 1.29 is 9.59 Å². The second-order valence-corrected chi connectivity index (χ2v) is 4.80. The molecular formula is C11H17N3O2S. The molecule has 17 heavy (non-hydrogen) atoms. The van der Waals surface area contributed by atoms with Crippen LogP contribution in [0, 0.1) is 6.92 Å². The summed E-state index contributed by atoms with van der Waals surface area (Å²) < 4.78 is 0. The average Bonchev–Trinajstić information content (AvgIpc) is 2.70. The third-order valence-electron chi connectivity index (χ3n) is 2.25. The summed E-state index contributed by atoms with van der Waals surface area (Å²) in [5, 5.41) is 5.48. The van der Waals surface area contributed by atoms with Gasteiger partial charge in [0.05, 0.1) is 23.8 Å². The molecule has 1 N–H and O–H groups in total. The van der Waals surface area contributed by atoms with Crippen molar-refractivity contribution >= 4 is 23.2 Å². The van der Waals surface area contributed by atoms with E-state index in [1.807, 2.05) is 12.3 Å². The predicted molar refractivity (Wildman–Crippen MR) is 66.6 cm³/mol. The zero-order valence-electron chi connectivity index (χ0n) is 10.3. The first-order valence-electron chi connectivity index (χ1n) is 5.44. The minimum Gasteiger partial charge on any atom is -0.347 e. The van der Waals surface area contributed by atoms with E-state index in [9.17, 15) is 9.59 Å². The van der Waals surface area contributed by atoms with Gasteiger partial charge >= 0.3 is 0 Å². The fraction of sp³-hybridized carbons (Fsp3) is 0.545. The second-order valence-electron chi connectivity index (χ2n) is 3.74. The molecule has 0 aromatic carbocycles. The van der Waals surface area contributed by atoms with Crippen molar-refractivity contribution in [1.82, 2.24) is 15.2 Å². The molecule has 0 aliphatic rings. The highest BCUT2D eigenvalue weighted by molar-refractivity contribution is 7.09. The fourth-order valence-corrected chi connectivity index (χ4v) is 1.85. The van der Waals surface area contributed by atoms with Crippen LogP contribution in [0.4, 0.5) is 0 Å². The van der Waals surface area contributed by atoms with Crippen molar-refractivity contribution in [1.29, 1.82) is 0 Å². The molecule has 1 aromatic heterocycles. The first-order chi connectivity index (χ1) is 8.02. The smallest absolute Gasteiger partial charge is 0.242 e. The minimum absolute atomic E-state index is 0.0479. The van der Waals surface area contributed by atoms with Crippen LogP contribution in [0.5, 0.6) is 0 Å². The largest absolute Gasteiger partial charge is 0.347 e. The van der Waals surface area contributed by atoms with Crippen molar-refractivity contribution in [2.75, 3.05) is 13.6 Å². The molecule has 2 amide bonds. The normalized spacial score (nSPS) is 10.1. The molecule has 0 saturated heterocycles. The van der Waals surface area contributed by atoms with Gasteiger partial charge in [-0.3, -0.25) is 9.59 Å². The number of hydrogen-bond donors (Lipinski definition) is 1. The van der Waals surface area contributed by atoms with E-state index in [4.69, 9.17) is 0 Å². The number of likely N-dealkylation sites (N-methyl/N-ethyl adjacent to an activating group) is 1. The van der Waals surface area contributed by atoms with Crippen LogP contribution in [0.15, 0.2) is 5.38 Å². The third-order valence-corrected chi connectivity index (χ3v) is 3.07. The van der Waals surface area contributed by atoms with Crippen molar-refractivity contribution in [3.8, 4) is 0 Å². The molecule has 5 nitrogen and oxygen atoms in total. The lowest BCUT2D eigenvalue weighted by Gasteiger charge is -2.16. The van der Waals surface area contributed by atoms with Gasteiger partial charge < -0.3 is 10.2 Å². The fourth-order valence-electron chi connectivity index (χ4n) is 1.25. The van der Waals surface area contributed by atoms with Crippen LogP contribution in [-0.2, 0) is 16.1 Å². The maximum Gasteiger partial charge on any atom is 0.242 e. The standard InChI is InChI=1S/C11H17N3O2S/c1-4-10(15)12-5-11(16)14(3)6-9-7-17-8(2)13-9/h7H,4-6H2,1-3H3,(H,12,15). The van der Waals surface area contributed by atoms with E-state index >= 15 is 0 Å². The number of carbonyl (C=O) groups is 2. The molecule has 0 saturated carbocycles. The van der Waals surface area contributed by atoms with Crippen LogP contribution >= 0.6 is 11.3 Å². The summed E-state index contributed by atoms with van der Waals surface area (Å²) >= 11 is 1.56. The van der Waals surface area contributed by atoms with E-state index in [0.29, 0.717) is 13.0 Å². The van der Waals surface area contributed by atoms with E-state index in [1.165, 1.54) is 0 Å². The third kappa shape index (κ3) is 4.52. The number of thiazole rings is 1. The molecule has 0 aliphatic carbocycles. The molecule has 0 spiro atoms. The van der Waals surface area contributed by atoms with Gasteiger partial charge in [0.15, 0.2) is 0 Å². The highest BCUT2D eigenvalue weighted by atomic mass is 32.1. The average molecular weight is 255 g/mol. The molecule has 0 fully saturated rings. The number of rotatable bonds is 5. The maximum atomic E-state index is 11.7. The van der Waals surface area contributed by atoms with Gasteiger partial charge in [-0.15, -0.1) is 11.3 Å². The van der Waals surface area contributed by atoms with Gasteiger partial charge in [-0.2, -0.15) is 0 Å². The van der Waals surface area contributed by atoms with Gasteiger partial charge in [0.1, 0.15) is 0 Å². The summed E-state index contributed by atoms with van der Waals surface area (Å²) in [7, 11) is 1.70. The van der Waals surface area contributed by atoms with Gasteiger partial charge in [0.2, 0.25) is 11.8 Å². The Kier molecular flexibility index (Phi) is 5.09. The lowest BCUT2D eigenvalue weighted by molar-refractivity contribution is -0.132. The van der Waals surface area contributed by atoms with Gasteiger partial charge in [-0.05, 0) is 6.92 Å². The molecular weight excluding hydrogens is 238 g/mol. The van der Waals surface area contributed by atoms with Crippen molar-refractivity contribution in [2.24, 2.45) is 0 Å². The summed E-state index contributed by atoms with van der Waals surface area (Å²) in [6, 6.07) is 0. The van der Waals surface area contributed by atoms with Crippen LogP contribution in [-0.4, -0.2) is 35.3 Å². The number of aryl methyl sites for hydroxylation is 1. The Labute approximate surface area is 105 Å². The van der Waals surface area contributed by atoms with E-state index in [0.717, 1.165) is 10.7 Å². The molecule has 0 atom stereocenters. The molecule has 6 heteroatoms. The molecule has 0 bridgehead atoms.